The third kappa shape index (κ3) is 6.48. The summed E-state index contributed by atoms with van der Waals surface area (Å²) in [4.78, 5) is 9.47. The molecule has 4 nitrogen and oxygen atoms in total. The quantitative estimate of drug-likeness (QED) is 0.407. The van der Waals surface area contributed by atoms with E-state index in [-0.39, 0.29) is 0 Å². The van der Waals surface area contributed by atoms with Crippen LogP contribution >= 0.6 is 12.2 Å². The lowest BCUT2D eigenvalue weighted by Crippen LogP contribution is -2.28. The van der Waals surface area contributed by atoms with Crippen molar-refractivity contribution in [1.82, 2.24) is 5.43 Å². The molecule has 8 heteroatoms. The van der Waals surface area contributed by atoms with Gasteiger partial charge in [-0.2, -0.15) is 13.2 Å². The Hall–Kier alpha value is -1.67. The van der Waals surface area contributed by atoms with Crippen LogP contribution < -0.4 is 11.3 Å². The topological polar surface area (TPSA) is 75.3 Å². The lowest BCUT2D eigenvalue weighted by Gasteiger charge is -1.99. The molecule has 1 rings (SSSR count). The number of hydrogen-bond donors (Lipinski definition) is 3. The number of thiocarbonyl (C=S) groups is 1. The Bertz CT molecular complexity index is 382. The predicted octanol–water partition coefficient (Wildman–Crippen LogP) is 1.46. The molecule has 1 aromatic carbocycles. The molecule has 0 aromatic heterocycles. The Balaban J connectivity index is 0.000000325. The number of hydrogen-bond acceptors (Lipinski definition) is 3. The molecular formula is C9H9F3N2O2S. The molecule has 17 heavy (non-hydrogen) atoms. The van der Waals surface area contributed by atoms with Gasteiger partial charge in [0.15, 0.2) is 0 Å². The zero-order valence-corrected chi connectivity index (χ0v) is 9.18. The van der Waals surface area contributed by atoms with E-state index in [0.29, 0.717) is 4.99 Å². The van der Waals surface area contributed by atoms with Crippen LogP contribution in [0.25, 0.3) is 0 Å². The second-order valence-corrected chi connectivity index (χ2v) is 3.05. The molecule has 0 aliphatic rings. The Morgan fingerprint density at radius 2 is 1.71 bits per heavy atom. The number of carboxylic acid groups (broad SMARTS) is 1. The summed E-state index contributed by atoms with van der Waals surface area (Å²) in [6.45, 7) is 0. The van der Waals surface area contributed by atoms with Gasteiger partial charge in [-0.15, -0.1) is 0 Å². The molecule has 0 spiro atoms. The highest BCUT2D eigenvalue weighted by Crippen LogP contribution is 2.13. The van der Waals surface area contributed by atoms with E-state index in [2.05, 4.69) is 5.43 Å². The first-order valence-corrected chi connectivity index (χ1v) is 4.56. The molecule has 0 saturated heterocycles. The summed E-state index contributed by atoms with van der Waals surface area (Å²) in [6.07, 6.45) is -5.08. The van der Waals surface area contributed by atoms with Crippen LogP contribution in [0.3, 0.4) is 0 Å². The average molecular weight is 266 g/mol. The zero-order chi connectivity index (χ0) is 13.5. The monoisotopic (exact) mass is 266 g/mol. The molecule has 94 valence electrons. The zero-order valence-electron chi connectivity index (χ0n) is 8.36. The summed E-state index contributed by atoms with van der Waals surface area (Å²) in [7, 11) is 0. The Kier molecular flexibility index (Phi) is 6.15. The van der Waals surface area contributed by atoms with Crippen LogP contribution in [0.15, 0.2) is 30.3 Å². The summed E-state index contributed by atoms with van der Waals surface area (Å²) in [6, 6.07) is 9.57. The molecular weight excluding hydrogens is 257 g/mol. The summed E-state index contributed by atoms with van der Waals surface area (Å²) < 4.78 is 31.7. The summed E-state index contributed by atoms with van der Waals surface area (Å²) in [5.74, 6) is 2.36. The number of rotatable bonds is 1. The van der Waals surface area contributed by atoms with Crippen molar-refractivity contribution in [3.8, 4) is 0 Å². The van der Waals surface area contributed by atoms with Crippen molar-refractivity contribution in [2.45, 2.75) is 6.18 Å². The van der Waals surface area contributed by atoms with Crippen molar-refractivity contribution in [3.05, 3.63) is 35.9 Å². The fourth-order valence-corrected chi connectivity index (χ4v) is 0.809. The van der Waals surface area contributed by atoms with Gasteiger partial charge in [-0.05, 0) is 0 Å². The second-order valence-electron chi connectivity index (χ2n) is 2.64. The van der Waals surface area contributed by atoms with Gasteiger partial charge in [0.2, 0.25) is 0 Å². The van der Waals surface area contributed by atoms with Gasteiger partial charge in [-0.3, -0.25) is 0 Å². The molecule has 1 aromatic rings. The number of nitrogens with two attached hydrogens (primary N) is 1. The predicted molar refractivity (Wildman–Crippen MR) is 59.2 cm³/mol. The third-order valence-corrected chi connectivity index (χ3v) is 1.76. The van der Waals surface area contributed by atoms with Crippen LogP contribution in [0, 0.1) is 0 Å². The molecule has 0 fully saturated rings. The van der Waals surface area contributed by atoms with Crippen LogP contribution in [0.1, 0.15) is 5.56 Å². The number of benzene rings is 1. The molecule has 0 amide bonds. The fourth-order valence-electron chi connectivity index (χ4n) is 0.673. The van der Waals surface area contributed by atoms with E-state index < -0.39 is 12.1 Å². The van der Waals surface area contributed by atoms with Crippen molar-refractivity contribution < 1.29 is 23.1 Å². The van der Waals surface area contributed by atoms with Crippen molar-refractivity contribution in [2.75, 3.05) is 0 Å². The van der Waals surface area contributed by atoms with Gasteiger partial charge in [0.05, 0.1) is 0 Å². The number of carboxylic acids is 1. The number of carbonyl (C=O) groups is 1. The maximum absolute atomic E-state index is 10.6. The molecule has 0 bridgehead atoms. The number of hydrazine groups is 1. The van der Waals surface area contributed by atoms with Crippen LogP contribution in [0.2, 0.25) is 0 Å². The lowest BCUT2D eigenvalue weighted by atomic mass is 10.2. The van der Waals surface area contributed by atoms with Crippen molar-refractivity contribution in [2.24, 2.45) is 5.84 Å². The smallest absolute Gasteiger partial charge is 0.475 e. The SMILES string of the molecule is NNC(=S)c1ccccc1.O=C(O)C(F)(F)F. The minimum atomic E-state index is -5.08. The molecule has 0 heterocycles. The standard InChI is InChI=1S/C7H8N2S.C2HF3O2/c8-9-7(10)6-4-2-1-3-5-6;3-2(4,5)1(6)7/h1-5H,8H2,(H,9,10);(H,6,7). The fraction of sp³-hybridized carbons (Fsp3) is 0.111. The van der Waals surface area contributed by atoms with Gasteiger partial charge in [0.25, 0.3) is 0 Å². The first-order chi connectivity index (χ1) is 7.79. The van der Waals surface area contributed by atoms with Gasteiger partial charge in [0, 0.05) is 5.56 Å². The van der Waals surface area contributed by atoms with E-state index in [1.54, 1.807) is 0 Å². The van der Waals surface area contributed by atoms with E-state index in [0.717, 1.165) is 5.56 Å². The second kappa shape index (κ2) is 6.81. The first kappa shape index (κ1) is 15.3. The minimum absolute atomic E-state index is 0.570. The van der Waals surface area contributed by atoms with E-state index in [1.807, 2.05) is 30.3 Å². The summed E-state index contributed by atoms with van der Waals surface area (Å²) in [5.41, 5.74) is 3.36. The highest BCUT2D eigenvalue weighted by atomic mass is 32.1. The Morgan fingerprint density at radius 3 is 2.00 bits per heavy atom. The first-order valence-electron chi connectivity index (χ1n) is 4.15. The molecule has 0 atom stereocenters. The Morgan fingerprint density at radius 1 is 1.29 bits per heavy atom. The molecule has 0 radical (unpaired) electrons. The van der Waals surface area contributed by atoms with Gasteiger partial charge < -0.3 is 10.5 Å². The van der Waals surface area contributed by atoms with Crippen LogP contribution in [0.4, 0.5) is 13.2 Å². The summed E-state index contributed by atoms with van der Waals surface area (Å²) in [5, 5.41) is 7.12. The van der Waals surface area contributed by atoms with Crippen LogP contribution in [-0.2, 0) is 4.79 Å². The van der Waals surface area contributed by atoms with Gasteiger partial charge >= 0.3 is 12.1 Å². The van der Waals surface area contributed by atoms with Crippen molar-refractivity contribution in [1.29, 1.82) is 0 Å². The van der Waals surface area contributed by atoms with Crippen molar-refractivity contribution >= 4 is 23.2 Å². The molecule has 0 unspecified atom stereocenters. The molecule has 0 aliphatic carbocycles. The van der Waals surface area contributed by atoms with E-state index in [9.17, 15) is 13.2 Å². The number of halogens is 3. The minimum Gasteiger partial charge on any atom is -0.475 e. The molecule has 0 saturated carbocycles. The molecule has 4 N–H and O–H groups in total. The average Bonchev–Trinajstić information content (AvgIpc) is 2.28. The highest BCUT2D eigenvalue weighted by molar-refractivity contribution is 7.80. The Labute approximate surface area is 100 Å². The summed E-state index contributed by atoms with van der Waals surface area (Å²) >= 11 is 4.89. The van der Waals surface area contributed by atoms with E-state index in [4.69, 9.17) is 28.0 Å². The van der Waals surface area contributed by atoms with Crippen LogP contribution in [-0.4, -0.2) is 22.2 Å². The van der Waals surface area contributed by atoms with Crippen molar-refractivity contribution in [3.63, 3.8) is 0 Å². The largest absolute Gasteiger partial charge is 0.490 e. The lowest BCUT2D eigenvalue weighted by molar-refractivity contribution is -0.192. The normalized spacial score (nSPS) is 9.88. The maximum atomic E-state index is 10.6. The van der Waals surface area contributed by atoms with Crippen LogP contribution in [0.5, 0.6) is 0 Å². The van der Waals surface area contributed by atoms with Gasteiger partial charge in [0.1, 0.15) is 4.99 Å². The number of aliphatic carboxylic acids is 1. The van der Waals surface area contributed by atoms with E-state index in [1.165, 1.54) is 0 Å². The highest BCUT2D eigenvalue weighted by Gasteiger charge is 2.38. The third-order valence-electron chi connectivity index (χ3n) is 1.41. The maximum Gasteiger partial charge on any atom is 0.490 e. The van der Waals surface area contributed by atoms with E-state index >= 15 is 0 Å². The van der Waals surface area contributed by atoms with Gasteiger partial charge in [-0.25, -0.2) is 10.6 Å². The number of nitrogens with one attached hydrogen (secondary N) is 1. The molecule has 0 aliphatic heterocycles. The van der Waals surface area contributed by atoms with Gasteiger partial charge in [-0.1, -0.05) is 42.5 Å². The number of alkyl halides is 3.